The molecule has 0 amide bonds. The fourth-order valence-corrected chi connectivity index (χ4v) is 1.66. The first-order chi connectivity index (χ1) is 7.98. The van der Waals surface area contributed by atoms with Crippen LogP contribution >= 0.6 is 0 Å². The highest BCUT2D eigenvalue weighted by Crippen LogP contribution is 2.37. The van der Waals surface area contributed by atoms with Gasteiger partial charge in [0.05, 0.1) is 5.56 Å². The van der Waals surface area contributed by atoms with E-state index in [1.165, 1.54) is 42.5 Å². The summed E-state index contributed by atoms with van der Waals surface area (Å²) < 4.78 is 38.3. The first-order valence-corrected chi connectivity index (χ1v) is 4.94. The van der Waals surface area contributed by atoms with E-state index in [2.05, 4.69) is 0 Å². The van der Waals surface area contributed by atoms with Gasteiger partial charge >= 0.3 is 6.18 Å². The second-order valence-electron chi connectivity index (χ2n) is 3.59. The molecule has 0 aliphatic carbocycles. The Balaban J connectivity index is 2.60. The van der Waals surface area contributed by atoms with E-state index >= 15 is 0 Å². The van der Waals surface area contributed by atoms with Crippen LogP contribution in [0.3, 0.4) is 0 Å². The molecule has 0 aromatic heterocycles. The highest BCUT2D eigenvalue weighted by atomic mass is 19.4. The molecule has 0 aliphatic rings. The van der Waals surface area contributed by atoms with Gasteiger partial charge in [-0.15, -0.1) is 0 Å². The molecule has 0 radical (unpaired) electrons. The van der Waals surface area contributed by atoms with Crippen molar-refractivity contribution < 1.29 is 18.3 Å². The molecule has 0 bridgehead atoms. The molecule has 0 saturated heterocycles. The van der Waals surface area contributed by atoms with Crippen LogP contribution in [0.1, 0.15) is 5.56 Å². The number of halogens is 3. The van der Waals surface area contributed by atoms with Crippen molar-refractivity contribution in [1.82, 2.24) is 0 Å². The molecule has 2 rings (SSSR count). The van der Waals surface area contributed by atoms with Crippen molar-refractivity contribution in [3.05, 3.63) is 54.1 Å². The zero-order valence-electron chi connectivity index (χ0n) is 8.70. The van der Waals surface area contributed by atoms with Gasteiger partial charge in [-0.2, -0.15) is 13.2 Å². The topological polar surface area (TPSA) is 20.2 Å². The molecule has 0 spiro atoms. The minimum absolute atomic E-state index is 0.0560. The van der Waals surface area contributed by atoms with Gasteiger partial charge in [-0.25, -0.2) is 0 Å². The lowest BCUT2D eigenvalue weighted by molar-refractivity contribution is -0.137. The third-order valence-electron chi connectivity index (χ3n) is 2.39. The van der Waals surface area contributed by atoms with E-state index in [1.54, 1.807) is 0 Å². The molecule has 0 fully saturated rings. The Hall–Kier alpha value is -1.97. The maximum Gasteiger partial charge on any atom is 0.417 e. The Morgan fingerprint density at radius 1 is 0.882 bits per heavy atom. The summed E-state index contributed by atoms with van der Waals surface area (Å²) >= 11 is 0. The summed E-state index contributed by atoms with van der Waals surface area (Å²) in [6.07, 6.45) is -4.40. The van der Waals surface area contributed by atoms with Crippen molar-refractivity contribution in [3.8, 4) is 16.9 Å². The zero-order chi connectivity index (χ0) is 12.5. The fraction of sp³-hybridized carbons (Fsp3) is 0.0769. The summed E-state index contributed by atoms with van der Waals surface area (Å²) in [7, 11) is 0. The Labute approximate surface area is 96.1 Å². The third kappa shape index (κ3) is 2.41. The molecule has 0 saturated carbocycles. The maximum atomic E-state index is 12.8. The Morgan fingerprint density at radius 2 is 1.59 bits per heavy atom. The molecule has 17 heavy (non-hydrogen) atoms. The minimum Gasteiger partial charge on any atom is -0.508 e. The molecule has 1 N–H and O–H groups in total. The van der Waals surface area contributed by atoms with E-state index < -0.39 is 11.7 Å². The summed E-state index contributed by atoms with van der Waals surface area (Å²) in [5, 5.41) is 9.29. The van der Waals surface area contributed by atoms with Crippen LogP contribution in [0.2, 0.25) is 0 Å². The van der Waals surface area contributed by atoms with Crippen LogP contribution in [0.15, 0.2) is 48.5 Å². The number of rotatable bonds is 1. The summed E-state index contributed by atoms with van der Waals surface area (Å²) in [5.74, 6) is -0.0560. The summed E-state index contributed by atoms with van der Waals surface area (Å²) in [5.41, 5.74) is -0.292. The number of phenols is 1. The van der Waals surface area contributed by atoms with Crippen LogP contribution in [-0.4, -0.2) is 5.11 Å². The number of alkyl halides is 3. The van der Waals surface area contributed by atoms with Gasteiger partial charge in [-0.05, 0) is 29.3 Å². The van der Waals surface area contributed by atoms with Crippen molar-refractivity contribution in [2.24, 2.45) is 0 Å². The Morgan fingerprint density at radius 3 is 2.24 bits per heavy atom. The van der Waals surface area contributed by atoms with Crippen molar-refractivity contribution in [1.29, 1.82) is 0 Å². The van der Waals surface area contributed by atoms with Crippen molar-refractivity contribution in [2.45, 2.75) is 6.18 Å². The molecule has 0 atom stereocenters. The van der Waals surface area contributed by atoms with E-state index in [0.717, 1.165) is 6.07 Å². The quantitative estimate of drug-likeness (QED) is 0.793. The monoisotopic (exact) mass is 238 g/mol. The van der Waals surface area contributed by atoms with Crippen LogP contribution in [0.4, 0.5) is 13.2 Å². The lowest BCUT2D eigenvalue weighted by Crippen LogP contribution is -2.06. The Bertz CT molecular complexity index is 532. The third-order valence-corrected chi connectivity index (χ3v) is 2.39. The molecule has 4 heteroatoms. The van der Waals surface area contributed by atoms with Crippen LogP contribution in [0.25, 0.3) is 11.1 Å². The molecule has 2 aromatic rings. The molecule has 0 heterocycles. The van der Waals surface area contributed by atoms with Crippen LogP contribution in [0.5, 0.6) is 5.75 Å². The largest absolute Gasteiger partial charge is 0.508 e. The van der Waals surface area contributed by atoms with Crippen LogP contribution < -0.4 is 0 Å². The van der Waals surface area contributed by atoms with Gasteiger partial charge in [0.15, 0.2) is 0 Å². The zero-order valence-corrected chi connectivity index (χ0v) is 8.70. The molecule has 1 nitrogen and oxygen atoms in total. The SMILES string of the molecule is Oc1cccc(-c2ccccc2C(F)(F)F)c1. The summed E-state index contributed by atoms with van der Waals surface area (Å²) in [6.45, 7) is 0. The normalized spacial score (nSPS) is 11.5. The smallest absolute Gasteiger partial charge is 0.417 e. The summed E-state index contributed by atoms with van der Waals surface area (Å²) in [6, 6.07) is 11.1. The second-order valence-corrected chi connectivity index (χ2v) is 3.59. The van der Waals surface area contributed by atoms with E-state index in [9.17, 15) is 18.3 Å². The van der Waals surface area contributed by atoms with Gasteiger partial charge in [-0.3, -0.25) is 0 Å². The van der Waals surface area contributed by atoms with E-state index in [0.29, 0.717) is 5.56 Å². The van der Waals surface area contributed by atoms with Gasteiger partial charge in [0.25, 0.3) is 0 Å². The van der Waals surface area contributed by atoms with Crippen LogP contribution in [0, 0.1) is 0 Å². The van der Waals surface area contributed by atoms with E-state index in [-0.39, 0.29) is 11.3 Å². The van der Waals surface area contributed by atoms with Gasteiger partial charge in [0.1, 0.15) is 5.75 Å². The van der Waals surface area contributed by atoms with Gasteiger partial charge < -0.3 is 5.11 Å². The van der Waals surface area contributed by atoms with Crippen LogP contribution in [-0.2, 0) is 6.18 Å². The van der Waals surface area contributed by atoms with E-state index in [4.69, 9.17) is 0 Å². The second kappa shape index (κ2) is 4.13. The predicted octanol–water partition coefficient (Wildman–Crippen LogP) is 4.08. The molecule has 88 valence electrons. The highest BCUT2D eigenvalue weighted by Gasteiger charge is 2.33. The molecular formula is C13H9F3O. The summed E-state index contributed by atoms with van der Waals surface area (Å²) in [4.78, 5) is 0. The van der Waals surface area contributed by atoms with Crippen molar-refractivity contribution >= 4 is 0 Å². The van der Waals surface area contributed by atoms with Gasteiger partial charge in [-0.1, -0.05) is 30.3 Å². The number of hydrogen-bond donors (Lipinski definition) is 1. The molecule has 0 aliphatic heterocycles. The fourth-order valence-electron chi connectivity index (χ4n) is 1.66. The van der Waals surface area contributed by atoms with Gasteiger partial charge in [0.2, 0.25) is 0 Å². The average Bonchev–Trinajstić information content (AvgIpc) is 2.28. The van der Waals surface area contributed by atoms with E-state index in [1.807, 2.05) is 0 Å². The number of benzene rings is 2. The first-order valence-electron chi connectivity index (χ1n) is 4.94. The minimum atomic E-state index is -4.40. The van der Waals surface area contributed by atoms with Crippen molar-refractivity contribution in [3.63, 3.8) is 0 Å². The lowest BCUT2D eigenvalue weighted by atomic mass is 9.99. The molecule has 2 aromatic carbocycles. The highest BCUT2D eigenvalue weighted by molar-refractivity contribution is 5.69. The molecule has 0 unspecified atom stereocenters. The number of phenolic OH excluding ortho intramolecular Hbond substituents is 1. The molecular weight excluding hydrogens is 229 g/mol. The number of hydrogen-bond acceptors (Lipinski definition) is 1. The Kier molecular flexibility index (Phi) is 2.79. The standard InChI is InChI=1S/C13H9F3O/c14-13(15,16)12-7-2-1-6-11(12)9-4-3-5-10(17)8-9/h1-8,17H. The lowest BCUT2D eigenvalue weighted by Gasteiger charge is -2.12. The average molecular weight is 238 g/mol. The van der Waals surface area contributed by atoms with Gasteiger partial charge in [0, 0.05) is 0 Å². The first kappa shape index (κ1) is 11.5. The number of aromatic hydroxyl groups is 1. The predicted molar refractivity (Wildman–Crippen MR) is 58.5 cm³/mol. The maximum absolute atomic E-state index is 12.8. The van der Waals surface area contributed by atoms with Crippen molar-refractivity contribution in [2.75, 3.05) is 0 Å².